The van der Waals surface area contributed by atoms with Gasteiger partial charge >= 0.3 is 18.3 Å². The van der Waals surface area contributed by atoms with Gasteiger partial charge < -0.3 is 42.0 Å². The van der Waals surface area contributed by atoms with Crippen LogP contribution in [0.1, 0.15) is 106 Å². The molecule has 0 N–H and O–H groups in total. The Morgan fingerprint density at radius 1 is 0.352 bits per heavy atom. The lowest BCUT2D eigenvalue weighted by molar-refractivity contribution is -0.132. The van der Waals surface area contributed by atoms with E-state index < -0.39 is 28.9 Å². The van der Waals surface area contributed by atoms with Crippen molar-refractivity contribution >= 4 is 34.9 Å². The minimum Gasteiger partial charge on any atom is -0.497 e. The summed E-state index contributed by atoms with van der Waals surface area (Å²) in [5.74, 6) is 3.52. The molecule has 0 aromatic heterocycles. The van der Waals surface area contributed by atoms with Crippen molar-refractivity contribution in [2.45, 2.75) is 129 Å². The second-order valence-corrected chi connectivity index (χ2v) is 33.6. The average Bonchev–Trinajstić information content (AvgIpc) is 3.68. The van der Waals surface area contributed by atoms with E-state index in [1.54, 1.807) is 69.9 Å². The van der Waals surface area contributed by atoms with Gasteiger partial charge in [0.1, 0.15) is 23.0 Å². The fraction of sp³-hybridized carbons (Fsp3) is 0.311. The third-order valence-electron chi connectivity index (χ3n) is 16.1. The van der Waals surface area contributed by atoms with Gasteiger partial charge in [-0.3, -0.25) is 4.79 Å². The van der Waals surface area contributed by atoms with Crippen LogP contribution in [0.3, 0.4) is 0 Å². The van der Waals surface area contributed by atoms with Crippen molar-refractivity contribution in [3.8, 4) is 46.0 Å². The van der Waals surface area contributed by atoms with E-state index in [-0.39, 0.29) is 22.2 Å². The number of esters is 1. The molecular formula is C74H86O12Si2. The molecule has 0 radical (unpaired) electrons. The van der Waals surface area contributed by atoms with Crippen LogP contribution in [-0.4, -0.2) is 56.2 Å². The van der Waals surface area contributed by atoms with Crippen molar-refractivity contribution in [3.63, 3.8) is 0 Å². The fourth-order valence-corrected chi connectivity index (χ4v) is 19.7. The van der Waals surface area contributed by atoms with Crippen molar-refractivity contribution in [1.82, 2.24) is 0 Å². The summed E-state index contributed by atoms with van der Waals surface area (Å²) < 4.78 is 50.3. The molecule has 0 aliphatic carbocycles. The fourth-order valence-electron chi connectivity index (χ4n) is 10.8. The van der Waals surface area contributed by atoms with Gasteiger partial charge in [0.15, 0.2) is 39.6 Å². The number of carbonyl (C=O) groups excluding carboxylic acids is 3. The Morgan fingerprint density at radius 3 is 0.977 bits per heavy atom. The van der Waals surface area contributed by atoms with Gasteiger partial charge in [-0.25, -0.2) is 9.59 Å². The van der Waals surface area contributed by atoms with Gasteiger partial charge in [-0.15, -0.1) is 0 Å². The molecular weight excluding hydrogens is 1140 g/mol. The highest BCUT2D eigenvalue weighted by molar-refractivity contribution is 6.84. The average molecular weight is 1220 g/mol. The topological polar surface area (TPSA) is 134 Å². The molecule has 0 spiro atoms. The number of aryl methyl sites for hydroxylation is 2. The number of ether oxygens (including phenoxy) is 8. The quantitative estimate of drug-likeness (QED) is 0.0247. The molecule has 8 rings (SSSR count). The number of methoxy groups -OCH3 is 3. The van der Waals surface area contributed by atoms with Crippen LogP contribution in [0.4, 0.5) is 9.59 Å². The molecule has 0 bridgehead atoms. The van der Waals surface area contributed by atoms with Crippen LogP contribution in [0, 0.1) is 0 Å². The Labute approximate surface area is 523 Å². The van der Waals surface area contributed by atoms with Crippen molar-refractivity contribution in [2.24, 2.45) is 0 Å². The van der Waals surface area contributed by atoms with Crippen molar-refractivity contribution in [2.75, 3.05) is 21.3 Å². The van der Waals surface area contributed by atoms with Gasteiger partial charge in [-0.2, -0.15) is 0 Å². The van der Waals surface area contributed by atoms with Gasteiger partial charge in [0, 0.05) is 23.2 Å². The summed E-state index contributed by atoms with van der Waals surface area (Å²) in [6, 6.07) is 64.7. The highest BCUT2D eigenvalue weighted by atomic mass is 28.4. The molecule has 8 aromatic carbocycles. The minimum atomic E-state index is -1.91. The van der Waals surface area contributed by atoms with Gasteiger partial charge in [0.25, 0.3) is 0 Å². The molecule has 0 saturated heterocycles. The molecule has 0 unspecified atom stereocenters. The van der Waals surface area contributed by atoms with Crippen LogP contribution in [0.25, 0.3) is 0 Å². The largest absolute Gasteiger partial charge is 0.519 e. The molecule has 0 saturated carbocycles. The summed E-state index contributed by atoms with van der Waals surface area (Å²) in [5.41, 5.74) is 8.59. The summed E-state index contributed by atoms with van der Waals surface area (Å²) in [4.78, 5) is 36.5. The molecule has 8 aromatic rings. The lowest BCUT2D eigenvalue weighted by Crippen LogP contribution is -2.44. The van der Waals surface area contributed by atoms with E-state index in [1.807, 2.05) is 109 Å². The minimum absolute atomic E-state index is 0.165. The zero-order valence-electron chi connectivity index (χ0n) is 53.6. The second-order valence-electron chi connectivity index (χ2n) is 24.7. The van der Waals surface area contributed by atoms with Crippen LogP contribution in [-0.2, 0) is 38.0 Å². The zero-order valence-corrected chi connectivity index (χ0v) is 55.6. The first kappa shape index (κ1) is 67.1. The molecule has 0 heterocycles. The lowest BCUT2D eigenvalue weighted by atomic mass is 9.78. The molecule has 0 atom stereocenters. The molecule has 462 valence electrons. The van der Waals surface area contributed by atoms with E-state index in [1.165, 1.54) is 18.1 Å². The molecule has 0 aliphatic rings. The number of benzene rings is 8. The summed E-state index contributed by atoms with van der Waals surface area (Å²) in [6.45, 7) is 23.6. The Hall–Kier alpha value is -8.44. The van der Waals surface area contributed by atoms with E-state index in [4.69, 9.17) is 42.0 Å². The lowest BCUT2D eigenvalue weighted by Gasteiger charge is -2.34. The first-order valence-electron chi connectivity index (χ1n) is 29.9. The maximum Gasteiger partial charge on any atom is 0.519 e. The van der Waals surface area contributed by atoms with Gasteiger partial charge in [0.05, 0.1) is 21.3 Å². The standard InChI is InChI=1S/C42H54O8Si2.C32H32O4/c1-31(43)47-37-25-19-32(29-39(37)45-4)15-13-27-51(6,7)50-52(8,9)28-14-16-33-20-26-38(40(30-33)46-5)49-41(44)48-36-23-21-35(22-24-36)42(2,3)34-17-11-10-12-18-34;1-31(2,23-9-7-6-8-10-23)25-13-19-28(20-14-25)35-30(33)36-29-21-15-26(16-22-29)32(3,4)24-11-17-27(34-5)18-12-24/h10-12,17-26,29-30H,13-16,27-28H2,1-9H3;6-22H,1-5H3. The van der Waals surface area contributed by atoms with Crippen molar-refractivity contribution < 1.29 is 56.4 Å². The summed E-state index contributed by atoms with van der Waals surface area (Å²) in [5, 5.41) is 0. The SMILES string of the molecule is COc1cc(CCC[Si](C)(C)O[Si](C)(C)CCCc2ccc(OC(=O)Oc3ccc(C(C)(C)c4ccccc4)cc3)c(OC)c2)ccc1OC(C)=O.COc1ccc(C(C)(C)c2ccc(OC(=O)Oc3ccc(C(C)(C)c4ccccc4)cc3)cc2)cc1. The smallest absolute Gasteiger partial charge is 0.497 e. The number of rotatable bonds is 24. The zero-order chi connectivity index (χ0) is 63.7. The van der Waals surface area contributed by atoms with Crippen molar-refractivity contribution in [1.29, 1.82) is 0 Å². The number of carbonyl (C=O) groups is 3. The highest BCUT2D eigenvalue weighted by Crippen LogP contribution is 2.37. The number of hydrogen-bond acceptors (Lipinski definition) is 12. The van der Waals surface area contributed by atoms with Gasteiger partial charge in [-0.1, -0.05) is 163 Å². The molecule has 0 amide bonds. The van der Waals surface area contributed by atoms with Crippen LogP contribution >= 0.6 is 0 Å². The Balaban J connectivity index is 0.000000268. The molecule has 14 heteroatoms. The Morgan fingerprint density at radius 2 is 0.659 bits per heavy atom. The molecule has 0 fully saturated rings. The third-order valence-corrected chi connectivity index (χ3v) is 23.6. The predicted octanol–water partition coefficient (Wildman–Crippen LogP) is 18.4. The maximum atomic E-state index is 12.7. The van der Waals surface area contributed by atoms with Crippen LogP contribution in [0.5, 0.6) is 46.0 Å². The van der Waals surface area contributed by atoms with E-state index >= 15 is 0 Å². The van der Waals surface area contributed by atoms with Crippen LogP contribution in [0.15, 0.2) is 194 Å². The van der Waals surface area contributed by atoms with Gasteiger partial charge in [0.2, 0.25) is 0 Å². The normalized spacial score (nSPS) is 11.8. The first-order valence-corrected chi connectivity index (χ1v) is 36.1. The van der Waals surface area contributed by atoms with E-state index in [0.717, 1.165) is 76.9 Å². The highest BCUT2D eigenvalue weighted by Gasteiger charge is 2.33. The van der Waals surface area contributed by atoms with Crippen molar-refractivity contribution in [3.05, 3.63) is 239 Å². The van der Waals surface area contributed by atoms with Gasteiger partial charge in [-0.05, 0) is 181 Å². The third kappa shape index (κ3) is 18.8. The summed E-state index contributed by atoms with van der Waals surface area (Å²) in [6.07, 6.45) is 2.17. The summed E-state index contributed by atoms with van der Waals surface area (Å²) in [7, 11) is 1.01. The van der Waals surface area contributed by atoms with E-state index in [2.05, 4.69) is 104 Å². The Bertz CT molecular complexity index is 3540. The van der Waals surface area contributed by atoms with E-state index in [0.29, 0.717) is 40.2 Å². The maximum absolute atomic E-state index is 12.7. The Kier molecular flexibility index (Phi) is 22.9. The predicted molar refractivity (Wildman–Crippen MR) is 354 cm³/mol. The summed E-state index contributed by atoms with van der Waals surface area (Å²) >= 11 is 0. The van der Waals surface area contributed by atoms with Crippen LogP contribution < -0.4 is 37.9 Å². The first-order chi connectivity index (χ1) is 41.8. The molecule has 12 nitrogen and oxygen atoms in total. The van der Waals surface area contributed by atoms with E-state index in [9.17, 15) is 14.4 Å². The molecule has 0 aliphatic heterocycles. The monoisotopic (exact) mass is 1220 g/mol. The number of hydrogen-bond donors (Lipinski definition) is 0. The van der Waals surface area contributed by atoms with Crippen LogP contribution in [0.2, 0.25) is 38.3 Å². The molecule has 88 heavy (non-hydrogen) atoms. The second kappa shape index (κ2) is 30.0.